The summed E-state index contributed by atoms with van der Waals surface area (Å²) in [6.45, 7) is 0. The number of pyridine rings is 1. The molecule has 0 spiro atoms. The van der Waals surface area contributed by atoms with E-state index in [1.165, 1.54) is 18.0 Å². The maximum absolute atomic E-state index is 11.4. The topological polar surface area (TPSA) is 58.6 Å². The lowest BCUT2D eigenvalue weighted by molar-refractivity contribution is 0.997. The van der Waals surface area contributed by atoms with Crippen LogP contribution in [-0.4, -0.2) is 21.2 Å². The van der Waals surface area contributed by atoms with Crippen LogP contribution < -0.4 is 5.56 Å². The Morgan fingerprint density at radius 3 is 3.07 bits per heavy atom. The fraction of sp³-hybridized carbons (Fsp3) is 0.125. The fourth-order valence-electron chi connectivity index (χ4n) is 1.09. The highest BCUT2D eigenvalue weighted by Gasteiger charge is 2.05. The van der Waals surface area contributed by atoms with Crippen LogP contribution in [0.5, 0.6) is 0 Å². The Labute approximate surface area is 88.7 Å². The normalized spacial score (nSPS) is 10.7. The van der Waals surface area contributed by atoms with E-state index in [1.54, 1.807) is 6.20 Å². The summed E-state index contributed by atoms with van der Waals surface area (Å²) in [7, 11) is 0. The largest absolute Gasteiger partial charge is 0.326 e. The maximum Gasteiger partial charge on any atom is 0.274 e. The molecule has 2 aromatic heterocycles. The van der Waals surface area contributed by atoms with Crippen LogP contribution in [0.1, 0.15) is 0 Å². The molecule has 0 radical (unpaired) electrons. The number of aromatic amines is 1. The van der Waals surface area contributed by atoms with Gasteiger partial charge in [-0.05, 0) is 6.26 Å². The molecule has 0 aromatic carbocycles. The van der Waals surface area contributed by atoms with Crippen molar-refractivity contribution < 1.29 is 0 Å². The van der Waals surface area contributed by atoms with Gasteiger partial charge in [0.2, 0.25) is 0 Å². The molecule has 0 bridgehead atoms. The molecule has 4 nitrogen and oxygen atoms in total. The van der Waals surface area contributed by atoms with Gasteiger partial charge in [-0.15, -0.1) is 0 Å². The van der Waals surface area contributed by atoms with Gasteiger partial charge in [-0.25, -0.2) is 9.97 Å². The number of thioether (sulfide) groups is 1. The van der Waals surface area contributed by atoms with Gasteiger partial charge >= 0.3 is 0 Å². The Balaban J connectivity index is 2.87. The smallest absolute Gasteiger partial charge is 0.274 e. The van der Waals surface area contributed by atoms with Crippen LogP contribution in [-0.2, 0) is 0 Å². The monoisotopic (exact) mass is 227 g/mol. The van der Waals surface area contributed by atoms with E-state index in [-0.39, 0.29) is 5.56 Å². The number of nitrogens with zero attached hydrogens (tertiary/aromatic N) is 2. The molecule has 0 saturated carbocycles. The molecule has 0 unspecified atom stereocenters. The van der Waals surface area contributed by atoms with Crippen molar-refractivity contribution in [3.8, 4) is 0 Å². The first-order valence-electron chi connectivity index (χ1n) is 3.80. The highest BCUT2D eigenvalue weighted by atomic mass is 35.5. The van der Waals surface area contributed by atoms with Gasteiger partial charge < -0.3 is 4.98 Å². The van der Waals surface area contributed by atoms with Gasteiger partial charge in [-0.2, -0.15) is 0 Å². The molecule has 0 amide bonds. The minimum absolute atomic E-state index is 0.248. The predicted octanol–water partition coefficient (Wildman–Crippen LogP) is 1.69. The van der Waals surface area contributed by atoms with E-state index in [0.717, 1.165) is 0 Å². The summed E-state index contributed by atoms with van der Waals surface area (Å²) in [5, 5.41) is 1.59. The lowest BCUT2D eigenvalue weighted by Crippen LogP contribution is -2.08. The van der Waals surface area contributed by atoms with Gasteiger partial charge in [0.15, 0.2) is 5.16 Å². The van der Waals surface area contributed by atoms with E-state index in [0.29, 0.717) is 21.1 Å². The van der Waals surface area contributed by atoms with Gasteiger partial charge in [0.25, 0.3) is 5.56 Å². The molecular weight excluding hydrogens is 222 g/mol. The van der Waals surface area contributed by atoms with E-state index in [4.69, 9.17) is 11.6 Å². The fourth-order valence-corrected chi connectivity index (χ4v) is 1.62. The third kappa shape index (κ3) is 1.49. The zero-order chi connectivity index (χ0) is 10.1. The molecule has 2 rings (SSSR count). The molecule has 0 aliphatic carbocycles. The molecule has 6 heteroatoms. The first-order chi connectivity index (χ1) is 6.72. The van der Waals surface area contributed by atoms with Gasteiger partial charge in [-0.3, -0.25) is 4.79 Å². The maximum atomic E-state index is 11.4. The van der Waals surface area contributed by atoms with E-state index in [1.807, 2.05) is 6.26 Å². The molecular formula is C8H6ClN3OS. The molecule has 2 aromatic rings. The van der Waals surface area contributed by atoms with Crippen LogP contribution in [0, 0.1) is 0 Å². The molecule has 0 aliphatic rings. The molecule has 1 N–H and O–H groups in total. The average Bonchev–Trinajstić information content (AvgIpc) is 2.23. The summed E-state index contributed by atoms with van der Waals surface area (Å²) in [5.41, 5.74) is 0.0824. The SMILES string of the molecule is CSc1ncc2c(Cl)c[nH]c(=O)c2n1. The Morgan fingerprint density at radius 2 is 2.36 bits per heavy atom. The number of rotatable bonds is 1. The Morgan fingerprint density at radius 1 is 1.57 bits per heavy atom. The van der Waals surface area contributed by atoms with Gasteiger partial charge in [0.05, 0.1) is 5.02 Å². The molecule has 0 aliphatic heterocycles. The molecule has 2 heterocycles. The third-order valence-corrected chi connectivity index (χ3v) is 2.63. The average molecular weight is 228 g/mol. The van der Waals surface area contributed by atoms with Crippen LogP contribution in [0.15, 0.2) is 22.3 Å². The Bertz CT molecular complexity index is 540. The van der Waals surface area contributed by atoms with E-state index < -0.39 is 0 Å². The lowest BCUT2D eigenvalue weighted by atomic mass is 10.3. The molecule has 0 saturated heterocycles. The van der Waals surface area contributed by atoms with Crippen molar-refractivity contribution in [3.63, 3.8) is 0 Å². The number of halogens is 1. The van der Waals surface area contributed by atoms with Gasteiger partial charge in [-0.1, -0.05) is 23.4 Å². The summed E-state index contributed by atoms with van der Waals surface area (Å²) in [4.78, 5) is 22.0. The second-order valence-corrected chi connectivity index (χ2v) is 3.77. The number of H-pyrrole nitrogens is 1. The van der Waals surface area contributed by atoms with Crippen molar-refractivity contribution in [1.29, 1.82) is 0 Å². The van der Waals surface area contributed by atoms with Crippen LogP contribution in [0.3, 0.4) is 0 Å². The lowest BCUT2D eigenvalue weighted by Gasteiger charge is -1.99. The summed E-state index contributed by atoms with van der Waals surface area (Å²) in [6.07, 6.45) is 4.85. The molecule has 0 fully saturated rings. The van der Waals surface area contributed by atoms with Crippen molar-refractivity contribution in [2.24, 2.45) is 0 Å². The summed E-state index contributed by atoms with van der Waals surface area (Å²) >= 11 is 7.25. The first kappa shape index (κ1) is 9.48. The summed E-state index contributed by atoms with van der Waals surface area (Å²) in [6, 6.07) is 0. The summed E-state index contributed by atoms with van der Waals surface area (Å²) < 4.78 is 0. The quantitative estimate of drug-likeness (QED) is 0.595. The van der Waals surface area contributed by atoms with E-state index >= 15 is 0 Å². The number of nitrogens with one attached hydrogen (secondary N) is 1. The minimum atomic E-state index is -0.248. The highest BCUT2D eigenvalue weighted by Crippen LogP contribution is 2.18. The van der Waals surface area contributed by atoms with Crippen molar-refractivity contribution >= 4 is 34.3 Å². The standard InChI is InChI=1S/C8H6ClN3OS/c1-14-8-11-2-4-5(9)3-10-7(13)6(4)12-8/h2-3H,1H3,(H,10,13). The van der Waals surface area contributed by atoms with Gasteiger partial charge in [0.1, 0.15) is 5.52 Å². The van der Waals surface area contributed by atoms with Crippen molar-refractivity contribution in [2.45, 2.75) is 5.16 Å². The van der Waals surface area contributed by atoms with Crippen molar-refractivity contribution in [2.75, 3.05) is 6.26 Å². The second-order valence-electron chi connectivity index (χ2n) is 2.58. The predicted molar refractivity (Wildman–Crippen MR) is 56.9 cm³/mol. The van der Waals surface area contributed by atoms with Crippen molar-refractivity contribution in [3.05, 3.63) is 27.8 Å². The van der Waals surface area contributed by atoms with Crippen molar-refractivity contribution in [1.82, 2.24) is 15.0 Å². The van der Waals surface area contributed by atoms with Crippen LogP contribution in [0.25, 0.3) is 10.9 Å². The minimum Gasteiger partial charge on any atom is -0.326 e. The van der Waals surface area contributed by atoms with E-state index in [9.17, 15) is 4.79 Å². The number of hydrogen-bond acceptors (Lipinski definition) is 4. The number of hydrogen-bond donors (Lipinski definition) is 1. The third-order valence-electron chi connectivity index (χ3n) is 1.75. The van der Waals surface area contributed by atoms with E-state index in [2.05, 4.69) is 15.0 Å². The molecule has 72 valence electrons. The Hall–Kier alpha value is -1.07. The number of aromatic nitrogens is 3. The van der Waals surface area contributed by atoms with Crippen LogP contribution in [0.4, 0.5) is 0 Å². The zero-order valence-electron chi connectivity index (χ0n) is 7.24. The van der Waals surface area contributed by atoms with Crippen LogP contribution in [0.2, 0.25) is 5.02 Å². The first-order valence-corrected chi connectivity index (χ1v) is 5.40. The molecule has 14 heavy (non-hydrogen) atoms. The number of fused-ring (bicyclic) bond motifs is 1. The summed E-state index contributed by atoms with van der Waals surface area (Å²) in [5.74, 6) is 0. The highest BCUT2D eigenvalue weighted by molar-refractivity contribution is 7.98. The Kier molecular flexibility index (Phi) is 2.43. The van der Waals surface area contributed by atoms with Gasteiger partial charge in [0, 0.05) is 17.8 Å². The zero-order valence-corrected chi connectivity index (χ0v) is 8.82. The van der Waals surface area contributed by atoms with Crippen LogP contribution >= 0.6 is 23.4 Å². The molecule has 0 atom stereocenters. The second kappa shape index (κ2) is 3.59.